The maximum Gasteiger partial charge on any atom is 0.221 e. The second kappa shape index (κ2) is 4.56. The summed E-state index contributed by atoms with van der Waals surface area (Å²) < 4.78 is 5.66. The van der Waals surface area contributed by atoms with Crippen LogP contribution in [0.5, 0.6) is 11.8 Å². The van der Waals surface area contributed by atoms with Gasteiger partial charge in [-0.25, -0.2) is 9.97 Å². The van der Waals surface area contributed by atoms with Gasteiger partial charge in [-0.3, -0.25) is 0 Å². The number of hydrogen-bond donors (Lipinski definition) is 4. The average Bonchev–Trinajstić information content (AvgIpc) is 3.43. The standard InChI is InChI=1S/C16H18N4O3/c17-9-1-3-11(19-13(9)15(21)5-6-15)23-12-4-2-10(18)14(20-12)16(22)7-8-16/h1-4,21-22H,5-8,17-18H2. The van der Waals surface area contributed by atoms with E-state index < -0.39 is 11.2 Å². The van der Waals surface area contributed by atoms with Gasteiger partial charge in [0.25, 0.3) is 0 Å². The molecule has 4 rings (SSSR count). The van der Waals surface area contributed by atoms with Crippen LogP contribution in [0, 0.1) is 0 Å². The van der Waals surface area contributed by atoms with Gasteiger partial charge in [-0.2, -0.15) is 0 Å². The molecule has 2 saturated carbocycles. The second-order valence-corrected chi connectivity index (χ2v) is 6.34. The fourth-order valence-corrected chi connectivity index (χ4v) is 2.58. The van der Waals surface area contributed by atoms with Crippen molar-refractivity contribution in [1.82, 2.24) is 9.97 Å². The molecule has 0 aliphatic heterocycles. The summed E-state index contributed by atoms with van der Waals surface area (Å²) in [6.07, 6.45) is 2.58. The van der Waals surface area contributed by atoms with E-state index in [1.165, 1.54) is 0 Å². The van der Waals surface area contributed by atoms with Gasteiger partial charge in [0.1, 0.15) is 11.2 Å². The Kier molecular flexibility index (Phi) is 2.82. The molecule has 2 heterocycles. The average molecular weight is 314 g/mol. The normalized spacial score (nSPS) is 20.1. The van der Waals surface area contributed by atoms with Crippen LogP contribution >= 0.6 is 0 Å². The SMILES string of the molecule is Nc1ccc(Oc2ccc(N)c(C3(O)CC3)n2)nc1C1(O)CC1. The van der Waals surface area contributed by atoms with Crippen LogP contribution < -0.4 is 16.2 Å². The van der Waals surface area contributed by atoms with E-state index in [0.717, 1.165) is 0 Å². The third kappa shape index (κ3) is 2.47. The molecule has 6 N–H and O–H groups in total. The first-order valence-electron chi connectivity index (χ1n) is 7.56. The molecule has 2 aliphatic carbocycles. The number of hydrogen-bond acceptors (Lipinski definition) is 7. The predicted molar refractivity (Wildman–Crippen MR) is 83.6 cm³/mol. The topological polar surface area (TPSA) is 128 Å². The van der Waals surface area contributed by atoms with Crippen molar-refractivity contribution in [2.45, 2.75) is 36.9 Å². The number of aromatic nitrogens is 2. The second-order valence-electron chi connectivity index (χ2n) is 6.34. The Labute approximate surface area is 132 Å². The molecule has 0 radical (unpaired) electrons. The smallest absolute Gasteiger partial charge is 0.221 e. The van der Waals surface area contributed by atoms with Crippen LogP contribution in [0.2, 0.25) is 0 Å². The van der Waals surface area contributed by atoms with Crippen LogP contribution in [0.4, 0.5) is 11.4 Å². The van der Waals surface area contributed by atoms with Crippen LogP contribution in [0.25, 0.3) is 0 Å². The zero-order chi connectivity index (χ0) is 16.2. The van der Waals surface area contributed by atoms with Crippen LogP contribution in [0.15, 0.2) is 24.3 Å². The number of nitrogens with two attached hydrogens (primary N) is 2. The number of anilines is 2. The number of nitrogens with zero attached hydrogens (tertiary/aromatic N) is 2. The lowest BCUT2D eigenvalue weighted by atomic mass is 10.1. The highest BCUT2D eigenvalue weighted by Crippen LogP contribution is 2.48. The lowest BCUT2D eigenvalue weighted by Crippen LogP contribution is -2.12. The van der Waals surface area contributed by atoms with E-state index in [9.17, 15) is 10.2 Å². The molecule has 7 nitrogen and oxygen atoms in total. The van der Waals surface area contributed by atoms with Crippen molar-refractivity contribution in [2.75, 3.05) is 11.5 Å². The summed E-state index contributed by atoms with van der Waals surface area (Å²) in [4.78, 5) is 8.60. The Morgan fingerprint density at radius 3 is 1.52 bits per heavy atom. The molecule has 7 heteroatoms. The fourth-order valence-electron chi connectivity index (χ4n) is 2.58. The molecular weight excluding hydrogens is 296 g/mol. The number of aliphatic hydroxyl groups is 2. The highest BCUT2D eigenvalue weighted by Gasteiger charge is 2.46. The van der Waals surface area contributed by atoms with Crippen molar-refractivity contribution in [3.8, 4) is 11.8 Å². The van der Waals surface area contributed by atoms with Crippen molar-refractivity contribution in [3.05, 3.63) is 35.7 Å². The van der Waals surface area contributed by atoms with Gasteiger partial charge in [0.05, 0.1) is 22.8 Å². The van der Waals surface area contributed by atoms with E-state index in [-0.39, 0.29) is 0 Å². The summed E-state index contributed by atoms with van der Waals surface area (Å²) >= 11 is 0. The summed E-state index contributed by atoms with van der Waals surface area (Å²) in [5.41, 5.74) is 11.6. The van der Waals surface area contributed by atoms with Gasteiger partial charge in [0.15, 0.2) is 0 Å². The first-order chi connectivity index (χ1) is 10.9. The molecule has 120 valence electrons. The van der Waals surface area contributed by atoms with E-state index in [2.05, 4.69) is 9.97 Å². The van der Waals surface area contributed by atoms with Gasteiger partial charge in [-0.15, -0.1) is 0 Å². The van der Waals surface area contributed by atoms with Gasteiger partial charge < -0.3 is 26.4 Å². The lowest BCUT2D eigenvalue weighted by Gasteiger charge is -2.14. The van der Waals surface area contributed by atoms with Crippen LogP contribution in [0.1, 0.15) is 37.1 Å². The molecule has 0 spiro atoms. The Hall–Kier alpha value is -2.38. The molecule has 0 amide bonds. The minimum Gasteiger partial charge on any atom is -0.421 e. The monoisotopic (exact) mass is 314 g/mol. The van der Waals surface area contributed by atoms with Crippen molar-refractivity contribution in [1.29, 1.82) is 0 Å². The van der Waals surface area contributed by atoms with Gasteiger partial charge >= 0.3 is 0 Å². The molecule has 0 bridgehead atoms. The summed E-state index contributed by atoms with van der Waals surface area (Å²) in [5, 5.41) is 20.4. The number of rotatable bonds is 4. The van der Waals surface area contributed by atoms with E-state index in [0.29, 0.717) is 60.2 Å². The van der Waals surface area contributed by atoms with Crippen molar-refractivity contribution in [3.63, 3.8) is 0 Å². The minimum absolute atomic E-state index is 0.292. The quantitative estimate of drug-likeness (QED) is 0.671. The van der Waals surface area contributed by atoms with Crippen molar-refractivity contribution in [2.24, 2.45) is 0 Å². The predicted octanol–water partition coefficient (Wildman–Crippen LogP) is 1.40. The third-order valence-corrected chi connectivity index (χ3v) is 4.34. The molecule has 2 aromatic rings. The summed E-state index contributed by atoms with van der Waals surface area (Å²) in [7, 11) is 0. The van der Waals surface area contributed by atoms with E-state index in [4.69, 9.17) is 16.2 Å². The molecule has 2 aromatic heterocycles. The Morgan fingerprint density at radius 2 is 1.17 bits per heavy atom. The van der Waals surface area contributed by atoms with E-state index in [1.54, 1.807) is 24.3 Å². The maximum absolute atomic E-state index is 10.2. The summed E-state index contributed by atoms with van der Waals surface area (Å²) in [6, 6.07) is 6.55. The molecule has 0 saturated heterocycles. The van der Waals surface area contributed by atoms with E-state index >= 15 is 0 Å². The van der Waals surface area contributed by atoms with Crippen LogP contribution in [-0.4, -0.2) is 20.2 Å². The molecule has 23 heavy (non-hydrogen) atoms. The zero-order valence-electron chi connectivity index (χ0n) is 12.5. The molecule has 0 atom stereocenters. The van der Waals surface area contributed by atoms with Crippen LogP contribution in [-0.2, 0) is 11.2 Å². The maximum atomic E-state index is 10.2. The molecule has 0 unspecified atom stereocenters. The molecular formula is C16H18N4O3. The largest absolute Gasteiger partial charge is 0.421 e. The molecule has 0 aromatic carbocycles. The Balaban J connectivity index is 1.64. The highest BCUT2D eigenvalue weighted by molar-refractivity contribution is 5.51. The van der Waals surface area contributed by atoms with Gasteiger partial charge in [-0.05, 0) is 37.8 Å². The Bertz CT molecular complexity index is 719. The van der Waals surface area contributed by atoms with Gasteiger partial charge in [-0.1, -0.05) is 0 Å². The fraction of sp³-hybridized carbons (Fsp3) is 0.375. The first kappa shape index (κ1) is 14.2. The van der Waals surface area contributed by atoms with E-state index in [1.807, 2.05) is 0 Å². The van der Waals surface area contributed by atoms with Gasteiger partial charge in [0, 0.05) is 12.1 Å². The number of ether oxygens (including phenoxy) is 1. The van der Waals surface area contributed by atoms with Crippen LogP contribution in [0.3, 0.4) is 0 Å². The third-order valence-electron chi connectivity index (χ3n) is 4.34. The summed E-state index contributed by atoms with van der Waals surface area (Å²) in [5.74, 6) is 0.584. The van der Waals surface area contributed by atoms with Crippen molar-refractivity contribution >= 4 is 11.4 Å². The highest BCUT2D eigenvalue weighted by atomic mass is 16.5. The summed E-state index contributed by atoms with van der Waals surface area (Å²) in [6.45, 7) is 0. The first-order valence-corrected chi connectivity index (χ1v) is 7.56. The zero-order valence-corrected chi connectivity index (χ0v) is 12.5. The van der Waals surface area contributed by atoms with Crippen molar-refractivity contribution < 1.29 is 14.9 Å². The minimum atomic E-state index is -0.938. The molecule has 2 fully saturated rings. The van der Waals surface area contributed by atoms with Gasteiger partial charge in [0.2, 0.25) is 11.8 Å². The number of nitrogen functional groups attached to an aromatic ring is 2. The lowest BCUT2D eigenvalue weighted by molar-refractivity contribution is 0.146. The number of pyridine rings is 2. The molecule has 2 aliphatic rings. The Morgan fingerprint density at radius 1 is 0.783 bits per heavy atom.